The summed E-state index contributed by atoms with van der Waals surface area (Å²) in [6, 6.07) is 5.66. The van der Waals surface area contributed by atoms with Crippen LogP contribution >= 0.6 is 0 Å². The molecule has 0 atom stereocenters. The number of hydrogen-bond donors (Lipinski definition) is 1. The standard InChI is InChI=1S/C19H30N2O4/c1-23-17-6-7-18(24-2)16(15-17)5-8-19(22)20-9-3-4-10-21-11-13-25-14-12-21/h6-7,15H,3-5,8-14H2,1-2H3,(H,20,22). The van der Waals surface area contributed by atoms with E-state index >= 15 is 0 Å². The first kappa shape index (κ1) is 19.5. The number of benzene rings is 1. The monoisotopic (exact) mass is 350 g/mol. The molecule has 1 aliphatic heterocycles. The molecule has 0 unspecified atom stereocenters. The molecule has 6 heteroatoms. The van der Waals surface area contributed by atoms with Crippen LogP contribution in [0.4, 0.5) is 0 Å². The first-order valence-corrected chi connectivity index (χ1v) is 9.00. The number of nitrogens with one attached hydrogen (secondary N) is 1. The average molecular weight is 350 g/mol. The van der Waals surface area contributed by atoms with Crippen molar-refractivity contribution < 1.29 is 19.0 Å². The van der Waals surface area contributed by atoms with E-state index in [1.807, 2.05) is 18.2 Å². The number of unbranched alkanes of at least 4 members (excludes halogenated alkanes) is 1. The fraction of sp³-hybridized carbons (Fsp3) is 0.632. The zero-order chi connectivity index (χ0) is 17.9. The quantitative estimate of drug-likeness (QED) is 0.653. The van der Waals surface area contributed by atoms with Crippen LogP contribution in [0.3, 0.4) is 0 Å². The van der Waals surface area contributed by atoms with E-state index in [-0.39, 0.29) is 5.91 Å². The van der Waals surface area contributed by atoms with E-state index in [9.17, 15) is 4.79 Å². The third kappa shape index (κ3) is 6.92. The molecule has 1 heterocycles. The van der Waals surface area contributed by atoms with Crippen LogP contribution < -0.4 is 14.8 Å². The second-order valence-electron chi connectivity index (χ2n) is 6.19. The van der Waals surface area contributed by atoms with Gasteiger partial charge in [0.25, 0.3) is 0 Å². The zero-order valence-electron chi connectivity index (χ0n) is 15.4. The number of carbonyl (C=O) groups excluding carboxylic acids is 1. The van der Waals surface area contributed by atoms with Gasteiger partial charge in [-0.3, -0.25) is 9.69 Å². The fourth-order valence-electron chi connectivity index (χ4n) is 2.93. The Labute approximate surface area is 150 Å². The molecule has 1 aliphatic rings. The van der Waals surface area contributed by atoms with Gasteiger partial charge in [0.1, 0.15) is 11.5 Å². The van der Waals surface area contributed by atoms with Crippen molar-refractivity contribution in [3.05, 3.63) is 23.8 Å². The van der Waals surface area contributed by atoms with E-state index in [2.05, 4.69) is 10.2 Å². The van der Waals surface area contributed by atoms with Crippen molar-refractivity contribution in [2.24, 2.45) is 0 Å². The Bertz CT molecular complexity index is 530. The number of carbonyl (C=O) groups is 1. The third-order valence-corrected chi connectivity index (χ3v) is 4.44. The van der Waals surface area contributed by atoms with Crippen LogP contribution in [-0.4, -0.2) is 64.4 Å². The largest absolute Gasteiger partial charge is 0.497 e. The van der Waals surface area contributed by atoms with Crippen molar-refractivity contribution >= 4 is 5.91 Å². The van der Waals surface area contributed by atoms with Gasteiger partial charge in [-0.2, -0.15) is 0 Å². The van der Waals surface area contributed by atoms with Crippen molar-refractivity contribution in [3.63, 3.8) is 0 Å². The highest BCUT2D eigenvalue weighted by Gasteiger charge is 2.10. The molecule has 0 aliphatic carbocycles. The summed E-state index contributed by atoms with van der Waals surface area (Å²) < 4.78 is 15.9. The van der Waals surface area contributed by atoms with Crippen molar-refractivity contribution in [2.75, 3.05) is 53.6 Å². The predicted molar refractivity (Wildman–Crippen MR) is 97.4 cm³/mol. The molecule has 1 aromatic carbocycles. The summed E-state index contributed by atoms with van der Waals surface area (Å²) in [6.07, 6.45) is 3.20. The Morgan fingerprint density at radius 3 is 2.72 bits per heavy atom. The van der Waals surface area contributed by atoms with E-state index in [4.69, 9.17) is 14.2 Å². The number of ether oxygens (including phenoxy) is 3. The van der Waals surface area contributed by atoms with Crippen molar-refractivity contribution in [1.29, 1.82) is 0 Å². The van der Waals surface area contributed by atoms with Crippen LogP contribution in [0.1, 0.15) is 24.8 Å². The first-order valence-electron chi connectivity index (χ1n) is 9.00. The minimum Gasteiger partial charge on any atom is -0.497 e. The number of rotatable bonds is 10. The van der Waals surface area contributed by atoms with Gasteiger partial charge in [-0.25, -0.2) is 0 Å². The van der Waals surface area contributed by atoms with E-state index in [0.717, 1.165) is 69.3 Å². The maximum absolute atomic E-state index is 12.0. The Morgan fingerprint density at radius 2 is 2.00 bits per heavy atom. The van der Waals surface area contributed by atoms with Gasteiger partial charge in [0.05, 0.1) is 27.4 Å². The number of amides is 1. The molecule has 0 bridgehead atoms. The molecule has 25 heavy (non-hydrogen) atoms. The number of hydrogen-bond acceptors (Lipinski definition) is 5. The van der Waals surface area contributed by atoms with Gasteiger partial charge >= 0.3 is 0 Å². The second kappa shape index (κ2) is 10.9. The molecule has 1 amide bonds. The van der Waals surface area contributed by atoms with Gasteiger partial charge in [-0.1, -0.05) is 0 Å². The fourth-order valence-corrected chi connectivity index (χ4v) is 2.93. The lowest BCUT2D eigenvalue weighted by Gasteiger charge is -2.26. The number of nitrogens with zero attached hydrogens (tertiary/aromatic N) is 1. The van der Waals surface area contributed by atoms with Gasteiger partial charge in [0.2, 0.25) is 5.91 Å². The van der Waals surface area contributed by atoms with Gasteiger partial charge < -0.3 is 19.5 Å². The molecule has 1 aromatic rings. The molecular weight excluding hydrogens is 320 g/mol. The summed E-state index contributed by atoms with van der Waals surface area (Å²) in [6.45, 7) is 5.54. The molecule has 6 nitrogen and oxygen atoms in total. The Morgan fingerprint density at radius 1 is 1.20 bits per heavy atom. The molecule has 0 radical (unpaired) electrons. The molecule has 0 spiro atoms. The molecule has 140 valence electrons. The number of aryl methyl sites for hydroxylation is 1. The van der Waals surface area contributed by atoms with Crippen LogP contribution in [0, 0.1) is 0 Å². The number of morpholine rings is 1. The highest BCUT2D eigenvalue weighted by Crippen LogP contribution is 2.25. The Balaban J connectivity index is 1.62. The van der Waals surface area contributed by atoms with Crippen LogP contribution in [0.25, 0.3) is 0 Å². The summed E-state index contributed by atoms with van der Waals surface area (Å²) in [5, 5.41) is 3.00. The molecule has 0 saturated carbocycles. The summed E-state index contributed by atoms with van der Waals surface area (Å²) in [5.41, 5.74) is 0.990. The lowest BCUT2D eigenvalue weighted by Crippen LogP contribution is -2.37. The SMILES string of the molecule is COc1ccc(OC)c(CCC(=O)NCCCCN2CCOCC2)c1. The average Bonchev–Trinajstić information content (AvgIpc) is 2.66. The lowest BCUT2D eigenvalue weighted by atomic mass is 10.1. The van der Waals surface area contributed by atoms with Gasteiger partial charge in [-0.05, 0) is 49.6 Å². The van der Waals surface area contributed by atoms with Crippen LogP contribution in [0.15, 0.2) is 18.2 Å². The van der Waals surface area contributed by atoms with E-state index in [1.54, 1.807) is 14.2 Å². The molecule has 1 fully saturated rings. The molecule has 2 rings (SSSR count). The maximum Gasteiger partial charge on any atom is 0.220 e. The summed E-state index contributed by atoms with van der Waals surface area (Å²) in [7, 11) is 3.27. The van der Waals surface area contributed by atoms with Crippen molar-refractivity contribution in [2.45, 2.75) is 25.7 Å². The molecule has 1 saturated heterocycles. The van der Waals surface area contributed by atoms with Crippen LogP contribution in [0.2, 0.25) is 0 Å². The van der Waals surface area contributed by atoms with E-state index < -0.39 is 0 Å². The van der Waals surface area contributed by atoms with Crippen LogP contribution in [0.5, 0.6) is 11.5 Å². The van der Waals surface area contributed by atoms with Gasteiger partial charge in [0.15, 0.2) is 0 Å². The Hall–Kier alpha value is -1.79. The normalized spacial score (nSPS) is 15.0. The van der Waals surface area contributed by atoms with Crippen molar-refractivity contribution in [1.82, 2.24) is 10.2 Å². The first-order chi connectivity index (χ1) is 12.2. The van der Waals surface area contributed by atoms with Crippen molar-refractivity contribution in [3.8, 4) is 11.5 Å². The summed E-state index contributed by atoms with van der Waals surface area (Å²) in [5.74, 6) is 1.65. The highest BCUT2D eigenvalue weighted by molar-refractivity contribution is 5.76. The maximum atomic E-state index is 12.0. The second-order valence-corrected chi connectivity index (χ2v) is 6.19. The number of methoxy groups -OCH3 is 2. The van der Waals surface area contributed by atoms with Crippen LogP contribution in [-0.2, 0) is 16.0 Å². The van der Waals surface area contributed by atoms with E-state index in [0.29, 0.717) is 12.8 Å². The molecule has 0 aromatic heterocycles. The van der Waals surface area contributed by atoms with Gasteiger partial charge in [0, 0.05) is 26.1 Å². The molecular formula is C19H30N2O4. The third-order valence-electron chi connectivity index (χ3n) is 4.44. The van der Waals surface area contributed by atoms with Gasteiger partial charge in [-0.15, -0.1) is 0 Å². The summed E-state index contributed by atoms with van der Waals surface area (Å²) in [4.78, 5) is 14.4. The lowest BCUT2D eigenvalue weighted by molar-refractivity contribution is -0.121. The zero-order valence-corrected chi connectivity index (χ0v) is 15.4. The van der Waals surface area contributed by atoms with E-state index in [1.165, 1.54) is 0 Å². The smallest absolute Gasteiger partial charge is 0.220 e. The topological polar surface area (TPSA) is 60.0 Å². The predicted octanol–water partition coefficient (Wildman–Crippen LogP) is 1.86. The molecule has 1 N–H and O–H groups in total. The Kier molecular flexibility index (Phi) is 8.55. The minimum absolute atomic E-state index is 0.0799. The summed E-state index contributed by atoms with van der Waals surface area (Å²) >= 11 is 0. The minimum atomic E-state index is 0.0799. The highest BCUT2D eigenvalue weighted by atomic mass is 16.5.